The number of fused-ring (bicyclic) bond motifs is 1. The van der Waals surface area contributed by atoms with Crippen LogP contribution in [0.3, 0.4) is 0 Å². The number of nitrogens with one attached hydrogen (secondary N) is 2. The maximum absolute atomic E-state index is 13.7. The van der Waals surface area contributed by atoms with Gasteiger partial charge in [0.1, 0.15) is 11.6 Å². The molecule has 1 aromatic carbocycles. The van der Waals surface area contributed by atoms with Crippen molar-refractivity contribution in [2.45, 2.75) is 38.5 Å². The highest BCUT2D eigenvalue weighted by atomic mass is 127. The fourth-order valence-electron chi connectivity index (χ4n) is 3.39. The zero-order valence-electron chi connectivity index (χ0n) is 15.0. The average Bonchev–Trinajstić information content (AvgIpc) is 3.07. The highest BCUT2D eigenvalue weighted by molar-refractivity contribution is 14.0. The normalized spacial score (nSPS) is 23.3. The fourth-order valence-corrected chi connectivity index (χ4v) is 3.39. The van der Waals surface area contributed by atoms with Crippen LogP contribution in [-0.2, 0) is 11.3 Å². The Bertz CT molecular complexity index is 617. The first-order chi connectivity index (χ1) is 12.2. The number of rotatable bonds is 5. The molecule has 2 fully saturated rings. The van der Waals surface area contributed by atoms with E-state index in [1.165, 1.54) is 18.9 Å². The number of ether oxygens (including phenoxy) is 1. The smallest absolute Gasteiger partial charge is 0.191 e. The van der Waals surface area contributed by atoms with E-state index in [1.54, 1.807) is 0 Å². The van der Waals surface area contributed by atoms with Crippen molar-refractivity contribution in [3.63, 3.8) is 0 Å². The molecule has 0 saturated carbocycles. The van der Waals surface area contributed by atoms with Crippen LogP contribution in [0, 0.1) is 11.6 Å². The first kappa shape index (κ1) is 21.3. The van der Waals surface area contributed by atoms with Gasteiger partial charge in [0.05, 0.1) is 19.3 Å². The standard InChI is InChI=1S/C18H26F2N4O.HI/c1-2-21-18(22-9-13-8-14(19)5-6-17(13)20)23-10-16-11-24-7-3-4-15(24)12-25-16;/h5-6,8,15-16H,2-4,7,9-12H2,1H3,(H2,21,22,23);1H. The summed E-state index contributed by atoms with van der Waals surface area (Å²) in [4.78, 5) is 6.84. The Morgan fingerprint density at radius 2 is 2.19 bits per heavy atom. The predicted molar refractivity (Wildman–Crippen MR) is 109 cm³/mol. The topological polar surface area (TPSA) is 48.9 Å². The second-order valence-electron chi connectivity index (χ2n) is 6.56. The maximum atomic E-state index is 13.7. The van der Waals surface area contributed by atoms with E-state index in [0.29, 0.717) is 25.1 Å². The maximum Gasteiger partial charge on any atom is 0.191 e. The Kier molecular flexibility index (Phi) is 8.49. The van der Waals surface area contributed by atoms with Crippen LogP contribution < -0.4 is 10.6 Å². The van der Waals surface area contributed by atoms with Gasteiger partial charge in [0, 0.05) is 31.2 Å². The van der Waals surface area contributed by atoms with E-state index in [1.807, 2.05) is 6.92 Å². The van der Waals surface area contributed by atoms with E-state index >= 15 is 0 Å². The number of hydrogen-bond donors (Lipinski definition) is 2. The molecule has 2 unspecified atom stereocenters. The number of guanidine groups is 1. The summed E-state index contributed by atoms with van der Waals surface area (Å²) in [6.07, 6.45) is 2.59. The van der Waals surface area contributed by atoms with Gasteiger partial charge in [-0.1, -0.05) is 0 Å². The van der Waals surface area contributed by atoms with Crippen LogP contribution in [0.2, 0.25) is 0 Å². The molecule has 26 heavy (non-hydrogen) atoms. The highest BCUT2D eigenvalue weighted by Crippen LogP contribution is 2.22. The molecule has 2 aliphatic rings. The van der Waals surface area contributed by atoms with Crippen LogP contribution in [-0.4, -0.2) is 55.8 Å². The fraction of sp³-hybridized carbons (Fsp3) is 0.611. The summed E-state index contributed by atoms with van der Waals surface area (Å²) < 4.78 is 32.9. The largest absolute Gasteiger partial charge is 0.373 e. The second kappa shape index (κ2) is 10.4. The third-order valence-corrected chi connectivity index (χ3v) is 4.72. The SMILES string of the molecule is CCNC(=NCc1cc(F)ccc1F)NCC1CN2CCCC2CO1.I. The zero-order chi connectivity index (χ0) is 17.6. The van der Waals surface area contributed by atoms with Gasteiger partial charge in [0.15, 0.2) is 5.96 Å². The first-order valence-electron chi connectivity index (χ1n) is 8.97. The molecule has 0 amide bonds. The van der Waals surface area contributed by atoms with Crippen LogP contribution in [0.25, 0.3) is 0 Å². The molecule has 0 aromatic heterocycles. The van der Waals surface area contributed by atoms with E-state index in [2.05, 4.69) is 20.5 Å². The lowest BCUT2D eigenvalue weighted by molar-refractivity contribution is -0.0453. The van der Waals surface area contributed by atoms with E-state index in [-0.39, 0.29) is 42.2 Å². The summed E-state index contributed by atoms with van der Waals surface area (Å²) in [7, 11) is 0. The van der Waals surface area contributed by atoms with Gasteiger partial charge in [-0.2, -0.15) is 0 Å². The third kappa shape index (κ3) is 5.75. The molecule has 2 aliphatic heterocycles. The molecule has 3 rings (SSSR count). The van der Waals surface area contributed by atoms with Crippen LogP contribution in [0.1, 0.15) is 25.3 Å². The van der Waals surface area contributed by atoms with Crippen molar-refractivity contribution >= 4 is 29.9 Å². The number of nitrogens with zero attached hydrogens (tertiary/aromatic N) is 2. The molecule has 0 radical (unpaired) electrons. The number of hydrogen-bond acceptors (Lipinski definition) is 3. The van der Waals surface area contributed by atoms with Crippen molar-refractivity contribution in [1.29, 1.82) is 0 Å². The van der Waals surface area contributed by atoms with Crippen molar-refractivity contribution in [3.8, 4) is 0 Å². The minimum absolute atomic E-state index is 0. The summed E-state index contributed by atoms with van der Waals surface area (Å²) in [6.45, 7) is 6.24. The average molecular weight is 480 g/mol. The number of halogens is 3. The predicted octanol–water partition coefficient (Wildman–Crippen LogP) is 2.50. The Morgan fingerprint density at radius 1 is 1.35 bits per heavy atom. The number of morpholine rings is 1. The number of aliphatic imine (C=N–C) groups is 1. The summed E-state index contributed by atoms with van der Waals surface area (Å²) in [5, 5.41) is 6.37. The van der Waals surface area contributed by atoms with Gasteiger partial charge >= 0.3 is 0 Å². The molecular weight excluding hydrogens is 453 g/mol. The molecule has 146 valence electrons. The Labute approximate surface area is 170 Å². The first-order valence-corrected chi connectivity index (χ1v) is 8.97. The summed E-state index contributed by atoms with van der Waals surface area (Å²) in [5.74, 6) is -0.324. The quantitative estimate of drug-likeness (QED) is 0.387. The summed E-state index contributed by atoms with van der Waals surface area (Å²) >= 11 is 0. The monoisotopic (exact) mass is 480 g/mol. The molecule has 0 aliphatic carbocycles. The molecule has 0 bridgehead atoms. The molecule has 8 heteroatoms. The van der Waals surface area contributed by atoms with Crippen LogP contribution in [0.4, 0.5) is 8.78 Å². The van der Waals surface area contributed by atoms with Crippen molar-refractivity contribution in [3.05, 3.63) is 35.4 Å². The molecule has 0 spiro atoms. The molecule has 1 aromatic rings. The molecule has 2 atom stereocenters. The van der Waals surface area contributed by atoms with Crippen molar-refractivity contribution in [1.82, 2.24) is 15.5 Å². The van der Waals surface area contributed by atoms with E-state index < -0.39 is 11.6 Å². The molecule has 2 heterocycles. The van der Waals surface area contributed by atoms with Gasteiger partial charge in [0.2, 0.25) is 0 Å². The van der Waals surface area contributed by atoms with Crippen LogP contribution in [0.15, 0.2) is 23.2 Å². The number of benzene rings is 1. The van der Waals surface area contributed by atoms with Crippen molar-refractivity contribution < 1.29 is 13.5 Å². The lowest BCUT2D eigenvalue weighted by Gasteiger charge is -2.35. The zero-order valence-corrected chi connectivity index (χ0v) is 17.3. The van der Waals surface area contributed by atoms with Gasteiger partial charge in [0.25, 0.3) is 0 Å². The molecule has 2 saturated heterocycles. The second-order valence-corrected chi connectivity index (χ2v) is 6.56. The van der Waals surface area contributed by atoms with Crippen LogP contribution in [0.5, 0.6) is 0 Å². The molecular formula is C18H27F2IN4O. The van der Waals surface area contributed by atoms with Gasteiger partial charge in [-0.25, -0.2) is 13.8 Å². The minimum atomic E-state index is -0.458. The van der Waals surface area contributed by atoms with E-state index in [9.17, 15) is 8.78 Å². The third-order valence-electron chi connectivity index (χ3n) is 4.72. The van der Waals surface area contributed by atoms with Crippen LogP contribution >= 0.6 is 24.0 Å². The Hall–Kier alpha value is -1.00. The van der Waals surface area contributed by atoms with E-state index in [0.717, 1.165) is 31.8 Å². The van der Waals surface area contributed by atoms with Crippen molar-refractivity contribution in [2.24, 2.45) is 4.99 Å². The lowest BCUT2D eigenvalue weighted by Crippen LogP contribution is -2.51. The van der Waals surface area contributed by atoms with Crippen molar-refractivity contribution in [2.75, 3.05) is 32.8 Å². The lowest BCUT2D eigenvalue weighted by atomic mass is 10.2. The minimum Gasteiger partial charge on any atom is -0.373 e. The molecule has 2 N–H and O–H groups in total. The van der Waals surface area contributed by atoms with Gasteiger partial charge < -0.3 is 15.4 Å². The van der Waals surface area contributed by atoms with E-state index in [4.69, 9.17) is 4.74 Å². The summed E-state index contributed by atoms with van der Waals surface area (Å²) in [5.41, 5.74) is 0.242. The Balaban J connectivity index is 0.00000243. The summed E-state index contributed by atoms with van der Waals surface area (Å²) in [6, 6.07) is 4.00. The highest BCUT2D eigenvalue weighted by Gasteiger charge is 2.32. The van der Waals surface area contributed by atoms with Gasteiger partial charge in [-0.05, 0) is 44.5 Å². The van der Waals surface area contributed by atoms with Gasteiger partial charge in [-0.15, -0.1) is 24.0 Å². The molecule has 5 nitrogen and oxygen atoms in total. The Morgan fingerprint density at radius 3 is 3.00 bits per heavy atom. The van der Waals surface area contributed by atoms with Gasteiger partial charge in [-0.3, -0.25) is 4.90 Å².